The van der Waals surface area contributed by atoms with Gasteiger partial charge in [0, 0.05) is 24.7 Å². The molecule has 5 nitrogen and oxygen atoms in total. The molecule has 0 aromatic carbocycles. The molecule has 0 aliphatic rings. The highest BCUT2D eigenvalue weighted by atomic mass is 32.1. The van der Waals surface area contributed by atoms with Gasteiger partial charge in [0.1, 0.15) is 5.82 Å². The molecule has 0 fully saturated rings. The molecular weight excluding hydrogens is 258 g/mol. The van der Waals surface area contributed by atoms with E-state index in [9.17, 15) is 0 Å². The Morgan fingerprint density at radius 1 is 1.37 bits per heavy atom. The smallest absolute Gasteiger partial charge is 0.224 e. The van der Waals surface area contributed by atoms with Crippen molar-refractivity contribution in [2.75, 3.05) is 23.8 Å². The monoisotopic (exact) mass is 277 g/mol. The minimum absolute atomic E-state index is 0.687. The van der Waals surface area contributed by atoms with E-state index in [0.29, 0.717) is 5.95 Å². The Morgan fingerprint density at radius 3 is 2.89 bits per heavy atom. The van der Waals surface area contributed by atoms with Gasteiger partial charge in [0.25, 0.3) is 0 Å². The highest BCUT2D eigenvalue weighted by Crippen LogP contribution is 2.18. The van der Waals surface area contributed by atoms with Crippen molar-refractivity contribution < 1.29 is 0 Å². The van der Waals surface area contributed by atoms with Crippen LogP contribution in [0.2, 0.25) is 0 Å². The Bertz CT molecular complexity index is 525. The van der Waals surface area contributed by atoms with Crippen molar-refractivity contribution in [3.05, 3.63) is 28.3 Å². The Labute approximate surface area is 117 Å². The standard InChI is InChI=1S/C13H19N5S/c1-4-6-14-13-15-7-5-12(17-13)18(3)8-11-10(2)16-9-19-11/h5,7,9H,4,6,8H2,1-3H3,(H,14,15,17). The summed E-state index contributed by atoms with van der Waals surface area (Å²) in [6, 6.07) is 1.92. The fourth-order valence-electron chi connectivity index (χ4n) is 1.66. The molecule has 2 aromatic heterocycles. The Morgan fingerprint density at radius 2 is 2.21 bits per heavy atom. The highest BCUT2D eigenvalue weighted by molar-refractivity contribution is 7.09. The summed E-state index contributed by atoms with van der Waals surface area (Å²) in [6.07, 6.45) is 2.85. The number of anilines is 2. The second kappa shape index (κ2) is 6.47. The van der Waals surface area contributed by atoms with E-state index in [2.05, 4.69) is 32.1 Å². The van der Waals surface area contributed by atoms with Gasteiger partial charge in [0.2, 0.25) is 5.95 Å². The molecule has 6 heteroatoms. The van der Waals surface area contributed by atoms with E-state index in [0.717, 1.165) is 31.0 Å². The van der Waals surface area contributed by atoms with E-state index in [1.54, 1.807) is 17.5 Å². The predicted molar refractivity (Wildman–Crippen MR) is 79.8 cm³/mol. The molecular formula is C13H19N5S. The lowest BCUT2D eigenvalue weighted by atomic mass is 10.3. The summed E-state index contributed by atoms with van der Waals surface area (Å²) >= 11 is 1.68. The van der Waals surface area contributed by atoms with Crippen molar-refractivity contribution >= 4 is 23.1 Å². The van der Waals surface area contributed by atoms with Crippen LogP contribution >= 0.6 is 11.3 Å². The summed E-state index contributed by atoms with van der Waals surface area (Å²) in [6.45, 7) is 5.87. The second-order valence-corrected chi connectivity index (χ2v) is 5.32. The molecule has 2 aromatic rings. The van der Waals surface area contributed by atoms with E-state index >= 15 is 0 Å². The average Bonchev–Trinajstić information content (AvgIpc) is 2.82. The van der Waals surface area contributed by atoms with Crippen LogP contribution in [0.25, 0.3) is 0 Å². The first-order valence-electron chi connectivity index (χ1n) is 6.37. The van der Waals surface area contributed by atoms with E-state index in [1.807, 2.05) is 25.5 Å². The summed E-state index contributed by atoms with van der Waals surface area (Å²) in [5, 5.41) is 3.20. The molecule has 0 saturated heterocycles. The number of rotatable bonds is 6. The molecule has 0 aliphatic carbocycles. The molecule has 2 rings (SSSR count). The van der Waals surface area contributed by atoms with Crippen molar-refractivity contribution in [1.29, 1.82) is 0 Å². The Kier molecular flexibility index (Phi) is 4.68. The van der Waals surface area contributed by atoms with Crippen LogP contribution in [0.4, 0.5) is 11.8 Å². The van der Waals surface area contributed by atoms with Gasteiger partial charge < -0.3 is 10.2 Å². The number of aryl methyl sites for hydroxylation is 1. The zero-order chi connectivity index (χ0) is 13.7. The normalized spacial score (nSPS) is 10.5. The molecule has 102 valence electrons. The first-order valence-corrected chi connectivity index (χ1v) is 7.25. The van der Waals surface area contributed by atoms with Crippen LogP contribution in [-0.2, 0) is 6.54 Å². The summed E-state index contributed by atoms with van der Waals surface area (Å²) in [5.41, 5.74) is 2.97. The SMILES string of the molecule is CCCNc1nccc(N(C)Cc2scnc2C)n1. The lowest BCUT2D eigenvalue weighted by Gasteiger charge is -2.18. The number of thiazole rings is 1. The maximum absolute atomic E-state index is 4.51. The Balaban J connectivity index is 2.06. The van der Waals surface area contributed by atoms with Crippen molar-refractivity contribution in [2.24, 2.45) is 0 Å². The molecule has 0 radical (unpaired) electrons. The predicted octanol–water partition coefficient (Wildman–Crippen LogP) is 2.70. The molecule has 0 atom stereocenters. The quantitative estimate of drug-likeness (QED) is 0.880. The topological polar surface area (TPSA) is 53.9 Å². The summed E-state index contributed by atoms with van der Waals surface area (Å²) in [5.74, 6) is 1.61. The first-order chi connectivity index (χ1) is 9.20. The van der Waals surface area contributed by atoms with E-state index < -0.39 is 0 Å². The minimum Gasteiger partial charge on any atom is -0.354 e. The first kappa shape index (κ1) is 13.7. The van der Waals surface area contributed by atoms with Crippen LogP contribution in [0.15, 0.2) is 17.8 Å². The third-order valence-electron chi connectivity index (χ3n) is 2.79. The Hall–Kier alpha value is -1.69. The molecule has 2 heterocycles. The van der Waals surface area contributed by atoms with Crippen LogP contribution in [0, 0.1) is 6.92 Å². The van der Waals surface area contributed by atoms with Gasteiger partial charge in [-0.1, -0.05) is 6.92 Å². The maximum Gasteiger partial charge on any atom is 0.224 e. The van der Waals surface area contributed by atoms with Crippen LogP contribution in [-0.4, -0.2) is 28.5 Å². The molecule has 19 heavy (non-hydrogen) atoms. The van der Waals surface area contributed by atoms with Gasteiger partial charge in [0.15, 0.2) is 0 Å². The summed E-state index contributed by atoms with van der Waals surface area (Å²) in [4.78, 5) is 16.4. The number of hydrogen-bond acceptors (Lipinski definition) is 6. The van der Waals surface area contributed by atoms with Crippen molar-refractivity contribution in [3.8, 4) is 0 Å². The largest absolute Gasteiger partial charge is 0.354 e. The van der Waals surface area contributed by atoms with E-state index in [4.69, 9.17) is 0 Å². The molecule has 0 aliphatic heterocycles. The van der Waals surface area contributed by atoms with Crippen LogP contribution < -0.4 is 10.2 Å². The number of nitrogens with zero attached hydrogens (tertiary/aromatic N) is 4. The zero-order valence-corrected chi connectivity index (χ0v) is 12.4. The van der Waals surface area contributed by atoms with Crippen molar-refractivity contribution in [2.45, 2.75) is 26.8 Å². The number of hydrogen-bond donors (Lipinski definition) is 1. The van der Waals surface area contributed by atoms with Gasteiger partial charge in [-0.2, -0.15) is 4.98 Å². The molecule has 0 bridgehead atoms. The van der Waals surface area contributed by atoms with Crippen LogP contribution in [0.3, 0.4) is 0 Å². The van der Waals surface area contributed by atoms with Gasteiger partial charge in [0.05, 0.1) is 17.7 Å². The molecule has 1 N–H and O–H groups in total. The molecule has 0 amide bonds. The van der Waals surface area contributed by atoms with E-state index in [-0.39, 0.29) is 0 Å². The fourth-order valence-corrected chi connectivity index (χ4v) is 2.49. The maximum atomic E-state index is 4.51. The summed E-state index contributed by atoms with van der Waals surface area (Å²) in [7, 11) is 2.03. The number of aromatic nitrogens is 3. The summed E-state index contributed by atoms with van der Waals surface area (Å²) < 4.78 is 0. The van der Waals surface area contributed by atoms with Gasteiger partial charge in [-0.05, 0) is 19.4 Å². The van der Waals surface area contributed by atoms with Gasteiger partial charge in [-0.3, -0.25) is 0 Å². The third kappa shape index (κ3) is 3.64. The highest BCUT2D eigenvalue weighted by Gasteiger charge is 2.08. The molecule has 0 spiro atoms. The third-order valence-corrected chi connectivity index (χ3v) is 3.71. The lowest BCUT2D eigenvalue weighted by Crippen LogP contribution is -2.18. The lowest BCUT2D eigenvalue weighted by molar-refractivity contribution is 0.887. The molecule has 0 unspecified atom stereocenters. The average molecular weight is 277 g/mol. The van der Waals surface area contributed by atoms with Crippen molar-refractivity contribution in [1.82, 2.24) is 15.0 Å². The number of nitrogens with one attached hydrogen (secondary N) is 1. The zero-order valence-electron chi connectivity index (χ0n) is 11.6. The molecule has 0 saturated carbocycles. The van der Waals surface area contributed by atoms with Gasteiger partial charge >= 0.3 is 0 Å². The minimum atomic E-state index is 0.687. The van der Waals surface area contributed by atoms with Crippen molar-refractivity contribution in [3.63, 3.8) is 0 Å². The van der Waals surface area contributed by atoms with Crippen LogP contribution in [0.5, 0.6) is 0 Å². The van der Waals surface area contributed by atoms with Gasteiger partial charge in [-0.25, -0.2) is 9.97 Å². The fraction of sp³-hybridized carbons (Fsp3) is 0.462. The second-order valence-electron chi connectivity index (χ2n) is 4.38. The van der Waals surface area contributed by atoms with Crippen LogP contribution in [0.1, 0.15) is 23.9 Å². The van der Waals surface area contributed by atoms with Gasteiger partial charge in [-0.15, -0.1) is 11.3 Å². The van der Waals surface area contributed by atoms with E-state index in [1.165, 1.54) is 4.88 Å².